The first-order valence-electron chi connectivity index (χ1n) is 5.71. The van der Waals surface area contributed by atoms with Gasteiger partial charge in [0, 0.05) is 27.5 Å². The number of rotatable bonds is 3. The summed E-state index contributed by atoms with van der Waals surface area (Å²) in [6.07, 6.45) is 0. The molecule has 0 spiro atoms. The average Bonchev–Trinajstić information content (AvgIpc) is 2.43. The third-order valence-corrected chi connectivity index (χ3v) is 4.04. The number of benzene rings is 2. The molecule has 0 bridgehead atoms. The normalized spacial score (nSPS) is 10.2. The van der Waals surface area contributed by atoms with E-state index in [1.54, 1.807) is 37.4 Å². The first-order chi connectivity index (χ1) is 9.51. The number of hydrogen-bond donors (Lipinski definition) is 2. The summed E-state index contributed by atoms with van der Waals surface area (Å²) in [6.45, 7) is 0. The molecule has 0 saturated heterocycles. The zero-order valence-electron chi connectivity index (χ0n) is 10.6. The van der Waals surface area contributed by atoms with Crippen molar-refractivity contribution in [2.75, 3.05) is 18.2 Å². The highest BCUT2D eigenvalue weighted by Gasteiger charge is 2.09. The van der Waals surface area contributed by atoms with Crippen molar-refractivity contribution in [2.24, 2.45) is 0 Å². The van der Waals surface area contributed by atoms with Crippen molar-refractivity contribution < 1.29 is 9.53 Å². The molecular formula is C14H12Br2N2O2. The largest absolute Gasteiger partial charge is 0.495 e. The van der Waals surface area contributed by atoms with E-state index in [0.717, 1.165) is 8.95 Å². The van der Waals surface area contributed by atoms with E-state index in [1.807, 2.05) is 6.07 Å². The Labute approximate surface area is 133 Å². The van der Waals surface area contributed by atoms with E-state index in [0.29, 0.717) is 22.7 Å². The SMILES string of the molecule is COc1cc(NC(=O)c2ccc(Br)c(N)c2)ccc1Br. The Bertz CT molecular complexity index is 660. The van der Waals surface area contributed by atoms with Gasteiger partial charge >= 0.3 is 0 Å². The summed E-state index contributed by atoms with van der Waals surface area (Å²) in [5.41, 5.74) is 7.43. The van der Waals surface area contributed by atoms with E-state index < -0.39 is 0 Å². The number of nitrogen functional groups attached to an aromatic ring is 1. The minimum Gasteiger partial charge on any atom is -0.495 e. The first-order valence-corrected chi connectivity index (χ1v) is 7.30. The van der Waals surface area contributed by atoms with Crippen LogP contribution < -0.4 is 15.8 Å². The Morgan fingerprint density at radius 1 is 1.15 bits per heavy atom. The summed E-state index contributed by atoms with van der Waals surface area (Å²) in [5, 5.41) is 2.80. The molecule has 1 amide bonds. The van der Waals surface area contributed by atoms with E-state index in [9.17, 15) is 4.79 Å². The summed E-state index contributed by atoms with van der Waals surface area (Å²) in [4.78, 5) is 12.1. The second kappa shape index (κ2) is 6.28. The number of amides is 1. The molecule has 0 aliphatic rings. The second-order valence-electron chi connectivity index (χ2n) is 4.04. The molecule has 0 aromatic heterocycles. The van der Waals surface area contributed by atoms with Crippen molar-refractivity contribution in [1.29, 1.82) is 0 Å². The highest BCUT2D eigenvalue weighted by atomic mass is 79.9. The van der Waals surface area contributed by atoms with Gasteiger partial charge in [0.1, 0.15) is 5.75 Å². The standard InChI is InChI=1S/C14H12Br2N2O2/c1-20-13-7-9(3-5-11(13)16)18-14(19)8-2-4-10(15)12(17)6-8/h2-7H,17H2,1H3,(H,18,19). The van der Waals surface area contributed by atoms with Gasteiger partial charge in [-0.3, -0.25) is 4.79 Å². The van der Waals surface area contributed by atoms with Gasteiger partial charge in [-0.2, -0.15) is 0 Å². The van der Waals surface area contributed by atoms with Gasteiger partial charge in [-0.25, -0.2) is 0 Å². The van der Waals surface area contributed by atoms with Crippen LogP contribution in [0.2, 0.25) is 0 Å². The maximum atomic E-state index is 12.1. The molecule has 0 saturated carbocycles. The lowest BCUT2D eigenvalue weighted by Crippen LogP contribution is -2.12. The van der Waals surface area contributed by atoms with Gasteiger partial charge in [0.05, 0.1) is 11.6 Å². The fourth-order valence-corrected chi connectivity index (χ4v) is 2.28. The molecule has 0 atom stereocenters. The lowest BCUT2D eigenvalue weighted by Gasteiger charge is -2.09. The number of carbonyl (C=O) groups is 1. The predicted octanol–water partition coefficient (Wildman–Crippen LogP) is 4.05. The van der Waals surface area contributed by atoms with Crippen molar-refractivity contribution >= 4 is 49.1 Å². The van der Waals surface area contributed by atoms with Crippen LogP contribution in [-0.4, -0.2) is 13.0 Å². The van der Waals surface area contributed by atoms with Crippen molar-refractivity contribution in [2.45, 2.75) is 0 Å². The average molecular weight is 400 g/mol. The van der Waals surface area contributed by atoms with Crippen LogP contribution in [-0.2, 0) is 0 Å². The molecule has 20 heavy (non-hydrogen) atoms. The minimum atomic E-state index is -0.228. The smallest absolute Gasteiger partial charge is 0.255 e. The summed E-state index contributed by atoms with van der Waals surface area (Å²) in [7, 11) is 1.57. The molecule has 2 aromatic rings. The molecule has 2 aromatic carbocycles. The van der Waals surface area contributed by atoms with Crippen LogP contribution in [0.5, 0.6) is 5.75 Å². The lowest BCUT2D eigenvalue weighted by atomic mass is 10.2. The molecule has 6 heteroatoms. The number of ether oxygens (including phenoxy) is 1. The summed E-state index contributed by atoms with van der Waals surface area (Å²) in [5.74, 6) is 0.423. The van der Waals surface area contributed by atoms with E-state index in [2.05, 4.69) is 37.2 Å². The topological polar surface area (TPSA) is 64.3 Å². The van der Waals surface area contributed by atoms with Crippen molar-refractivity contribution in [1.82, 2.24) is 0 Å². The Morgan fingerprint density at radius 2 is 1.85 bits per heavy atom. The molecule has 0 heterocycles. The van der Waals surface area contributed by atoms with Crippen LogP contribution in [0.15, 0.2) is 45.3 Å². The van der Waals surface area contributed by atoms with Crippen molar-refractivity contribution in [3.63, 3.8) is 0 Å². The fourth-order valence-electron chi connectivity index (χ4n) is 1.63. The molecule has 2 rings (SSSR count). The maximum Gasteiger partial charge on any atom is 0.255 e. The van der Waals surface area contributed by atoms with Gasteiger partial charge in [0.2, 0.25) is 0 Å². The zero-order valence-corrected chi connectivity index (χ0v) is 13.8. The fraction of sp³-hybridized carbons (Fsp3) is 0.0714. The molecule has 0 fully saturated rings. The molecule has 4 nitrogen and oxygen atoms in total. The number of nitrogens with one attached hydrogen (secondary N) is 1. The van der Waals surface area contributed by atoms with Crippen LogP contribution in [0.1, 0.15) is 10.4 Å². The van der Waals surface area contributed by atoms with Crippen LogP contribution in [0.4, 0.5) is 11.4 Å². The van der Waals surface area contributed by atoms with E-state index in [4.69, 9.17) is 10.5 Å². The maximum absolute atomic E-state index is 12.1. The number of anilines is 2. The number of nitrogens with two attached hydrogens (primary N) is 1. The zero-order chi connectivity index (χ0) is 14.7. The number of methoxy groups -OCH3 is 1. The van der Waals surface area contributed by atoms with Gasteiger partial charge in [0.15, 0.2) is 0 Å². The molecule has 104 valence electrons. The van der Waals surface area contributed by atoms with Crippen molar-refractivity contribution in [3.05, 3.63) is 50.9 Å². The monoisotopic (exact) mass is 398 g/mol. The quantitative estimate of drug-likeness (QED) is 0.765. The molecular weight excluding hydrogens is 388 g/mol. The number of carbonyl (C=O) groups excluding carboxylic acids is 1. The number of hydrogen-bond acceptors (Lipinski definition) is 3. The molecule has 0 unspecified atom stereocenters. The predicted molar refractivity (Wildman–Crippen MR) is 87.2 cm³/mol. The first kappa shape index (κ1) is 14.9. The van der Waals surface area contributed by atoms with Gasteiger partial charge in [-0.15, -0.1) is 0 Å². The van der Waals surface area contributed by atoms with Gasteiger partial charge < -0.3 is 15.8 Å². The lowest BCUT2D eigenvalue weighted by molar-refractivity contribution is 0.102. The van der Waals surface area contributed by atoms with Crippen molar-refractivity contribution in [3.8, 4) is 5.75 Å². The Morgan fingerprint density at radius 3 is 2.50 bits per heavy atom. The Kier molecular flexibility index (Phi) is 4.67. The Balaban J connectivity index is 2.21. The summed E-state index contributed by atoms with van der Waals surface area (Å²) >= 11 is 6.65. The third kappa shape index (κ3) is 3.32. The molecule has 0 radical (unpaired) electrons. The molecule has 0 aliphatic carbocycles. The van der Waals surface area contributed by atoms with E-state index >= 15 is 0 Å². The van der Waals surface area contributed by atoms with E-state index in [1.165, 1.54) is 0 Å². The van der Waals surface area contributed by atoms with Crippen LogP contribution in [0, 0.1) is 0 Å². The molecule has 3 N–H and O–H groups in total. The highest BCUT2D eigenvalue weighted by molar-refractivity contribution is 9.11. The van der Waals surface area contributed by atoms with Crippen LogP contribution in [0.3, 0.4) is 0 Å². The van der Waals surface area contributed by atoms with Gasteiger partial charge in [0.25, 0.3) is 5.91 Å². The van der Waals surface area contributed by atoms with Crippen LogP contribution >= 0.6 is 31.9 Å². The Hall–Kier alpha value is -1.53. The molecule has 0 aliphatic heterocycles. The van der Waals surface area contributed by atoms with Gasteiger partial charge in [-0.1, -0.05) is 0 Å². The van der Waals surface area contributed by atoms with Gasteiger partial charge in [-0.05, 0) is 62.2 Å². The van der Waals surface area contributed by atoms with E-state index in [-0.39, 0.29) is 5.91 Å². The summed E-state index contributed by atoms with van der Waals surface area (Å²) < 4.78 is 6.77. The second-order valence-corrected chi connectivity index (χ2v) is 5.75. The third-order valence-electron chi connectivity index (χ3n) is 2.67. The minimum absolute atomic E-state index is 0.228. The van der Waals surface area contributed by atoms with Crippen LogP contribution in [0.25, 0.3) is 0 Å². The number of halogens is 2. The highest BCUT2D eigenvalue weighted by Crippen LogP contribution is 2.28. The summed E-state index contributed by atoms with van der Waals surface area (Å²) in [6, 6.07) is 10.4.